The summed E-state index contributed by atoms with van der Waals surface area (Å²) < 4.78 is 0. The van der Waals surface area contributed by atoms with Crippen molar-refractivity contribution >= 4 is 52.6 Å². The second kappa shape index (κ2) is 10.4. The summed E-state index contributed by atoms with van der Waals surface area (Å²) >= 11 is 12.0. The Morgan fingerprint density at radius 1 is 0.967 bits per heavy atom. The lowest BCUT2D eigenvalue weighted by atomic mass is 10.2. The van der Waals surface area contributed by atoms with Gasteiger partial charge in [0.05, 0.1) is 22.8 Å². The molecule has 3 rings (SSSR count). The molecule has 7 nitrogen and oxygen atoms in total. The van der Waals surface area contributed by atoms with Gasteiger partial charge in [0.25, 0.3) is 11.8 Å². The van der Waals surface area contributed by atoms with Crippen LogP contribution in [0.15, 0.2) is 72.1 Å². The van der Waals surface area contributed by atoms with Crippen molar-refractivity contribution in [2.24, 2.45) is 5.10 Å². The van der Waals surface area contributed by atoms with Crippen molar-refractivity contribution in [3.8, 4) is 0 Å². The van der Waals surface area contributed by atoms with E-state index in [0.717, 1.165) is 0 Å². The molecule has 2 amide bonds. The van der Waals surface area contributed by atoms with Gasteiger partial charge >= 0.3 is 0 Å². The number of pyridine rings is 1. The Labute approximate surface area is 183 Å². The van der Waals surface area contributed by atoms with E-state index < -0.39 is 0 Å². The fourth-order valence-corrected chi connectivity index (χ4v) is 2.89. The molecule has 3 aromatic rings. The van der Waals surface area contributed by atoms with Crippen molar-refractivity contribution < 1.29 is 9.59 Å². The fourth-order valence-electron chi connectivity index (χ4n) is 2.43. The standard InChI is InChI=1S/C21H17Cl2N5O2/c22-18-11-24-12-19(23)17(18)10-26-28-20(29)13-25-16-8-4-5-14(9-16)21(30)27-15-6-2-1-3-7-15/h1-12,25H,13H2,(H,27,30)(H,28,29). The number of nitrogens with zero attached hydrogens (tertiary/aromatic N) is 2. The van der Waals surface area contributed by atoms with E-state index in [2.05, 4.69) is 26.1 Å². The number of anilines is 2. The largest absolute Gasteiger partial charge is 0.376 e. The molecule has 9 heteroatoms. The van der Waals surface area contributed by atoms with Crippen molar-refractivity contribution in [2.75, 3.05) is 17.2 Å². The third-order valence-electron chi connectivity index (χ3n) is 3.88. The average Bonchev–Trinajstić information content (AvgIpc) is 2.75. The van der Waals surface area contributed by atoms with Gasteiger partial charge in [0.15, 0.2) is 0 Å². The van der Waals surface area contributed by atoms with Crippen LogP contribution in [-0.2, 0) is 4.79 Å². The SMILES string of the molecule is O=C(CNc1cccc(C(=O)Nc2ccccc2)c1)NN=Cc1c(Cl)cncc1Cl. The number of carbonyl (C=O) groups excluding carboxylic acids is 2. The molecular weight excluding hydrogens is 425 g/mol. The second-order valence-electron chi connectivity index (χ2n) is 6.06. The first kappa shape index (κ1) is 21.3. The van der Waals surface area contributed by atoms with Gasteiger partial charge in [-0.3, -0.25) is 14.6 Å². The molecule has 0 unspecified atom stereocenters. The molecule has 30 heavy (non-hydrogen) atoms. The summed E-state index contributed by atoms with van der Waals surface area (Å²) in [6, 6.07) is 16.0. The highest BCUT2D eigenvalue weighted by Gasteiger charge is 2.08. The number of nitrogens with one attached hydrogen (secondary N) is 3. The summed E-state index contributed by atoms with van der Waals surface area (Å²) in [6.45, 7) is -0.0428. The summed E-state index contributed by atoms with van der Waals surface area (Å²) in [4.78, 5) is 28.2. The van der Waals surface area contributed by atoms with Crippen LogP contribution in [0.1, 0.15) is 15.9 Å². The van der Waals surface area contributed by atoms with Gasteiger partial charge in [-0.25, -0.2) is 5.43 Å². The van der Waals surface area contributed by atoms with Gasteiger partial charge in [0.2, 0.25) is 0 Å². The maximum absolute atomic E-state index is 12.4. The average molecular weight is 442 g/mol. The van der Waals surface area contributed by atoms with Crippen LogP contribution in [0.25, 0.3) is 0 Å². The second-order valence-corrected chi connectivity index (χ2v) is 6.88. The normalized spacial score (nSPS) is 10.6. The van der Waals surface area contributed by atoms with Gasteiger partial charge in [-0.15, -0.1) is 0 Å². The Balaban J connectivity index is 1.53. The highest BCUT2D eigenvalue weighted by atomic mass is 35.5. The molecule has 152 valence electrons. The van der Waals surface area contributed by atoms with E-state index in [4.69, 9.17) is 23.2 Å². The molecule has 1 aromatic heterocycles. The molecule has 0 atom stereocenters. The third kappa shape index (κ3) is 6.04. The molecule has 0 radical (unpaired) electrons. The number of para-hydroxylation sites is 1. The first-order valence-electron chi connectivity index (χ1n) is 8.84. The molecule has 0 saturated carbocycles. The van der Waals surface area contributed by atoms with E-state index >= 15 is 0 Å². The monoisotopic (exact) mass is 441 g/mol. The lowest BCUT2D eigenvalue weighted by Crippen LogP contribution is -2.26. The Hall–Kier alpha value is -3.42. The van der Waals surface area contributed by atoms with Crippen LogP contribution in [0.4, 0.5) is 11.4 Å². The molecule has 0 saturated heterocycles. The lowest BCUT2D eigenvalue weighted by Gasteiger charge is -2.08. The number of hydrogen-bond acceptors (Lipinski definition) is 5. The van der Waals surface area contributed by atoms with Gasteiger partial charge in [0, 0.05) is 34.9 Å². The first-order chi connectivity index (χ1) is 14.5. The summed E-state index contributed by atoms with van der Waals surface area (Å²) in [6.07, 6.45) is 4.21. The Kier molecular flexibility index (Phi) is 7.37. The number of halogens is 2. The summed E-state index contributed by atoms with van der Waals surface area (Å²) in [5.74, 6) is -0.628. The highest BCUT2D eigenvalue weighted by molar-refractivity contribution is 6.38. The van der Waals surface area contributed by atoms with Gasteiger partial charge in [-0.1, -0.05) is 47.5 Å². The van der Waals surface area contributed by atoms with Crippen LogP contribution >= 0.6 is 23.2 Å². The number of aromatic nitrogens is 1. The molecule has 3 N–H and O–H groups in total. The number of benzene rings is 2. The molecule has 2 aromatic carbocycles. The van der Waals surface area contributed by atoms with E-state index in [9.17, 15) is 9.59 Å². The zero-order chi connectivity index (χ0) is 21.3. The van der Waals surface area contributed by atoms with Gasteiger partial charge in [-0.05, 0) is 30.3 Å². The summed E-state index contributed by atoms with van der Waals surface area (Å²) in [5, 5.41) is 10.2. The predicted octanol–water partition coefficient (Wildman–Crippen LogP) is 4.20. The molecule has 1 heterocycles. The molecule has 0 aliphatic heterocycles. The number of rotatable bonds is 7. The minimum atomic E-state index is -0.383. The van der Waals surface area contributed by atoms with E-state index in [-0.39, 0.29) is 18.4 Å². The van der Waals surface area contributed by atoms with Crippen LogP contribution in [0.5, 0.6) is 0 Å². The molecule has 0 bridgehead atoms. The highest BCUT2D eigenvalue weighted by Crippen LogP contribution is 2.20. The molecule has 0 fully saturated rings. The topological polar surface area (TPSA) is 95.5 Å². The summed E-state index contributed by atoms with van der Waals surface area (Å²) in [7, 11) is 0. The van der Waals surface area contributed by atoms with Gasteiger partial charge < -0.3 is 10.6 Å². The molecular formula is C21H17Cl2N5O2. The maximum atomic E-state index is 12.4. The number of hydrazone groups is 1. The van der Waals surface area contributed by atoms with Crippen molar-refractivity contribution in [2.45, 2.75) is 0 Å². The fraction of sp³-hybridized carbons (Fsp3) is 0.0476. The molecule has 0 spiro atoms. The number of carbonyl (C=O) groups is 2. The predicted molar refractivity (Wildman–Crippen MR) is 119 cm³/mol. The maximum Gasteiger partial charge on any atom is 0.259 e. The molecule has 0 aliphatic rings. The Bertz CT molecular complexity index is 1050. The van der Waals surface area contributed by atoms with Crippen LogP contribution in [0.2, 0.25) is 10.0 Å². The van der Waals surface area contributed by atoms with Gasteiger partial charge in [-0.2, -0.15) is 5.10 Å². The van der Waals surface area contributed by atoms with Crippen LogP contribution in [0.3, 0.4) is 0 Å². The van der Waals surface area contributed by atoms with Crippen molar-refractivity contribution in [3.05, 3.63) is 88.2 Å². The van der Waals surface area contributed by atoms with Crippen molar-refractivity contribution in [1.82, 2.24) is 10.4 Å². The zero-order valence-corrected chi connectivity index (χ0v) is 17.1. The lowest BCUT2D eigenvalue weighted by molar-refractivity contribution is -0.119. The van der Waals surface area contributed by atoms with Crippen molar-refractivity contribution in [1.29, 1.82) is 0 Å². The first-order valence-corrected chi connectivity index (χ1v) is 9.60. The Morgan fingerprint density at radius 3 is 2.40 bits per heavy atom. The quantitative estimate of drug-likeness (QED) is 0.378. The Morgan fingerprint density at radius 2 is 1.67 bits per heavy atom. The van der Waals surface area contributed by atoms with Crippen molar-refractivity contribution in [3.63, 3.8) is 0 Å². The summed E-state index contributed by atoms with van der Waals surface area (Å²) in [5.41, 5.74) is 4.62. The molecule has 0 aliphatic carbocycles. The zero-order valence-electron chi connectivity index (χ0n) is 15.6. The smallest absolute Gasteiger partial charge is 0.259 e. The van der Waals surface area contributed by atoms with Crippen LogP contribution in [-0.4, -0.2) is 29.6 Å². The third-order valence-corrected chi connectivity index (χ3v) is 4.49. The van der Waals surface area contributed by atoms with Crippen LogP contribution in [0, 0.1) is 0 Å². The minimum Gasteiger partial charge on any atom is -0.376 e. The van der Waals surface area contributed by atoms with E-state index in [1.54, 1.807) is 36.4 Å². The van der Waals surface area contributed by atoms with E-state index in [0.29, 0.717) is 32.5 Å². The van der Waals surface area contributed by atoms with E-state index in [1.807, 2.05) is 18.2 Å². The van der Waals surface area contributed by atoms with Gasteiger partial charge in [0.1, 0.15) is 0 Å². The van der Waals surface area contributed by atoms with E-state index in [1.165, 1.54) is 18.6 Å². The minimum absolute atomic E-state index is 0.0428. The van der Waals surface area contributed by atoms with Crippen LogP contribution < -0.4 is 16.1 Å². The number of amides is 2. The number of hydrogen-bond donors (Lipinski definition) is 3.